The molecule has 0 aliphatic carbocycles. The average Bonchev–Trinajstić information content (AvgIpc) is 3.36. The number of nitrogens with zero attached hydrogens (tertiary/aromatic N) is 3. The first-order chi connectivity index (χ1) is 16.9. The van der Waals surface area contributed by atoms with E-state index in [0.717, 1.165) is 29.3 Å². The molecule has 0 unspecified atom stereocenters. The van der Waals surface area contributed by atoms with Gasteiger partial charge in [-0.3, -0.25) is 14.7 Å². The quantitative estimate of drug-likeness (QED) is 0.530. The molecule has 1 aliphatic rings. The number of hydrogen-bond donors (Lipinski definition) is 1. The number of piperidine rings is 1. The molecule has 1 N–H and O–H groups in total. The Morgan fingerprint density at radius 2 is 1.91 bits per heavy atom. The van der Waals surface area contributed by atoms with Crippen molar-refractivity contribution in [2.45, 2.75) is 19.8 Å². The smallest absolute Gasteiger partial charge is 0.256 e. The molecule has 2 heterocycles. The number of aromatic nitrogens is 2. The predicted octanol–water partition coefficient (Wildman–Crippen LogP) is 3.66. The van der Waals surface area contributed by atoms with Crippen LogP contribution in [0.15, 0.2) is 36.5 Å². The molecule has 3 aromatic rings. The summed E-state index contributed by atoms with van der Waals surface area (Å²) in [5.41, 5.74) is 2.49. The number of ether oxygens (including phenoxy) is 2. The van der Waals surface area contributed by atoms with Crippen molar-refractivity contribution in [3.05, 3.63) is 59.0 Å². The van der Waals surface area contributed by atoms with Crippen LogP contribution in [0.3, 0.4) is 0 Å². The van der Waals surface area contributed by atoms with Gasteiger partial charge < -0.3 is 19.3 Å². The van der Waals surface area contributed by atoms with Crippen LogP contribution in [0, 0.1) is 18.7 Å². The molecule has 2 aromatic carbocycles. The van der Waals surface area contributed by atoms with Gasteiger partial charge in [0.05, 0.1) is 31.0 Å². The molecule has 1 aromatic heterocycles. The molecule has 0 saturated carbocycles. The van der Waals surface area contributed by atoms with Gasteiger partial charge in [0.2, 0.25) is 0 Å². The van der Waals surface area contributed by atoms with Crippen LogP contribution in [-0.4, -0.2) is 78.8 Å². The number of methoxy groups -OCH3 is 2. The fraction of sp³-hybridized carbons (Fsp3) is 0.423. The van der Waals surface area contributed by atoms with Gasteiger partial charge in [0.15, 0.2) is 0 Å². The number of fused-ring (bicyclic) bond motifs is 1. The lowest BCUT2D eigenvalue weighted by Crippen LogP contribution is -2.44. The van der Waals surface area contributed by atoms with Crippen LogP contribution in [0.2, 0.25) is 0 Å². The highest BCUT2D eigenvalue weighted by Crippen LogP contribution is 2.25. The first kappa shape index (κ1) is 24.7. The van der Waals surface area contributed by atoms with Gasteiger partial charge in [-0.1, -0.05) is 0 Å². The molecule has 0 atom stereocenters. The average molecular weight is 483 g/mol. The number of aromatic amines is 1. The number of H-pyrrole nitrogens is 1. The number of hydrogen-bond acceptors (Lipinski definition) is 5. The zero-order valence-electron chi connectivity index (χ0n) is 20.3. The second-order valence-electron chi connectivity index (χ2n) is 8.89. The largest absolute Gasteiger partial charge is 0.497 e. The van der Waals surface area contributed by atoms with E-state index < -0.39 is 5.82 Å². The standard InChI is InChI=1S/C26H31FN4O4/c1-17-20(6-7-24-22(17)15-28-29-24)25(32)31(12-13-34-2)16-18-8-10-30(11-9-18)26(33)21-5-4-19(35-3)14-23(21)27/h4-7,14-15,18H,8-13,16H2,1-3H3,(H,28,29). The van der Waals surface area contributed by atoms with Crippen LogP contribution in [-0.2, 0) is 4.74 Å². The molecule has 8 nitrogen and oxygen atoms in total. The van der Waals surface area contributed by atoms with Crippen molar-refractivity contribution in [2.75, 3.05) is 47.0 Å². The number of likely N-dealkylation sites (tertiary alicyclic amines) is 1. The maximum absolute atomic E-state index is 14.4. The molecule has 186 valence electrons. The topological polar surface area (TPSA) is 87.8 Å². The first-order valence-corrected chi connectivity index (χ1v) is 11.8. The monoisotopic (exact) mass is 482 g/mol. The summed E-state index contributed by atoms with van der Waals surface area (Å²) < 4.78 is 24.7. The summed E-state index contributed by atoms with van der Waals surface area (Å²) in [5.74, 6) is -0.335. The van der Waals surface area contributed by atoms with Crippen LogP contribution >= 0.6 is 0 Å². The summed E-state index contributed by atoms with van der Waals surface area (Å²) in [5, 5.41) is 7.94. The number of carbonyl (C=O) groups is 2. The van der Waals surface area contributed by atoms with Crippen molar-refractivity contribution in [1.82, 2.24) is 20.0 Å². The Morgan fingerprint density at radius 1 is 1.17 bits per heavy atom. The van der Waals surface area contributed by atoms with E-state index in [1.165, 1.54) is 19.2 Å². The number of benzene rings is 2. The molecule has 1 saturated heterocycles. The maximum atomic E-state index is 14.4. The molecule has 2 amide bonds. The molecule has 35 heavy (non-hydrogen) atoms. The Balaban J connectivity index is 1.41. The number of carbonyl (C=O) groups excluding carboxylic acids is 2. The van der Waals surface area contributed by atoms with Crippen molar-refractivity contribution in [1.29, 1.82) is 0 Å². The fourth-order valence-electron chi connectivity index (χ4n) is 4.63. The number of rotatable bonds is 8. The lowest BCUT2D eigenvalue weighted by molar-refractivity contribution is 0.0565. The van der Waals surface area contributed by atoms with E-state index in [1.807, 2.05) is 24.0 Å². The minimum atomic E-state index is -0.585. The van der Waals surface area contributed by atoms with E-state index in [2.05, 4.69) is 10.2 Å². The molecule has 0 bridgehead atoms. The second kappa shape index (κ2) is 10.9. The van der Waals surface area contributed by atoms with Crippen LogP contribution in [0.5, 0.6) is 5.75 Å². The zero-order valence-corrected chi connectivity index (χ0v) is 20.3. The Hall–Kier alpha value is -3.46. The Bertz CT molecular complexity index is 1200. The molecule has 0 radical (unpaired) electrons. The number of amides is 2. The Labute approximate surface area is 204 Å². The molecule has 4 rings (SSSR count). The zero-order chi connectivity index (χ0) is 24.9. The minimum absolute atomic E-state index is 0.0403. The normalized spacial score (nSPS) is 14.3. The lowest BCUT2D eigenvalue weighted by Gasteiger charge is -2.35. The summed E-state index contributed by atoms with van der Waals surface area (Å²) in [6, 6.07) is 7.99. The van der Waals surface area contributed by atoms with E-state index in [9.17, 15) is 14.0 Å². The van der Waals surface area contributed by atoms with Crippen LogP contribution in [0.25, 0.3) is 10.9 Å². The summed E-state index contributed by atoms with van der Waals surface area (Å²) in [7, 11) is 3.08. The van der Waals surface area contributed by atoms with Crippen LogP contribution in [0.1, 0.15) is 39.1 Å². The Kier molecular flexibility index (Phi) is 7.65. The van der Waals surface area contributed by atoms with Gasteiger partial charge in [0.25, 0.3) is 11.8 Å². The van der Waals surface area contributed by atoms with E-state index in [-0.39, 0.29) is 23.3 Å². The summed E-state index contributed by atoms with van der Waals surface area (Å²) in [6.07, 6.45) is 3.21. The van der Waals surface area contributed by atoms with Crippen molar-refractivity contribution >= 4 is 22.7 Å². The van der Waals surface area contributed by atoms with Crippen molar-refractivity contribution in [3.63, 3.8) is 0 Å². The van der Waals surface area contributed by atoms with Gasteiger partial charge in [0.1, 0.15) is 11.6 Å². The predicted molar refractivity (Wildman–Crippen MR) is 130 cm³/mol. The molecule has 9 heteroatoms. The van der Waals surface area contributed by atoms with Gasteiger partial charge in [-0.2, -0.15) is 5.10 Å². The molecule has 1 fully saturated rings. The van der Waals surface area contributed by atoms with E-state index >= 15 is 0 Å². The van der Waals surface area contributed by atoms with Crippen LogP contribution < -0.4 is 4.74 Å². The highest BCUT2D eigenvalue weighted by atomic mass is 19.1. The molecular weight excluding hydrogens is 451 g/mol. The third kappa shape index (κ3) is 5.30. The highest BCUT2D eigenvalue weighted by molar-refractivity contribution is 6.00. The third-order valence-electron chi connectivity index (χ3n) is 6.76. The summed E-state index contributed by atoms with van der Waals surface area (Å²) in [6.45, 7) is 4.45. The number of aryl methyl sites for hydroxylation is 1. The molecule has 0 spiro atoms. The SMILES string of the molecule is COCCN(CC1CCN(C(=O)c2ccc(OC)cc2F)CC1)C(=O)c1ccc2[nH]ncc2c1C. The van der Waals surface area contributed by atoms with E-state index in [4.69, 9.17) is 9.47 Å². The van der Waals surface area contributed by atoms with Gasteiger partial charge in [-0.05, 0) is 55.5 Å². The minimum Gasteiger partial charge on any atom is -0.497 e. The second-order valence-corrected chi connectivity index (χ2v) is 8.89. The third-order valence-corrected chi connectivity index (χ3v) is 6.76. The highest BCUT2D eigenvalue weighted by Gasteiger charge is 2.28. The van der Waals surface area contributed by atoms with Gasteiger partial charge in [-0.15, -0.1) is 0 Å². The molecular formula is C26H31FN4O4. The summed E-state index contributed by atoms with van der Waals surface area (Å²) in [4.78, 5) is 29.9. The van der Waals surface area contributed by atoms with Gasteiger partial charge in [0, 0.05) is 50.3 Å². The van der Waals surface area contributed by atoms with Crippen molar-refractivity contribution in [2.24, 2.45) is 5.92 Å². The van der Waals surface area contributed by atoms with Crippen molar-refractivity contribution in [3.8, 4) is 5.75 Å². The first-order valence-electron chi connectivity index (χ1n) is 11.8. The Morgan fingerprint density at radius 3 is 2.60 bits per heavy atom. The van der Waals surface area contributed by atoms with Crippen LogP contribution in [0.4, 0.5) is 4.39 Å². The van der Waals surface area contributed by atoms with Gasteiger partial charge >= 0.3 is 0 Å². The fourth-order valence-corrected chi connectivity index (χ4v) is 4.63. The van der Waals surface area contributed by atoms with E-state index in [0.29, 0.717) is 44.1 Å². The summed E-state index contributed by atoms with van der Waals surface area (Å²) >= 11 is 0. The lowest BCUT2D eigenvalue weighted by atomic mass is 9.95. The number of halogens is 1. The maximum Gasteiger partial charge on any atom is 0.256 e. The van der Waals surface area contributed by atoms with E-state index in [1.54, 1.807) is 24.3 Å². The molecule has 1 aliphatic heterocycles. The van der Waals surface area contributed by atoms with Crippen molar-refractivity contribution < 1.29 is 23.5 Å². The van der Waals surface area contributed by atoms with Gasteiger partial charge in [-0.25, -0.2) is 4.39 Å². The number of nitrogens with one attached hydrogen (secondary N) is 1.